The molecule has 0 spiro atoms. The van der Waals surface area contributed by atoms with Gasteiger partial charge in [0, 0.05) is 0 Å². The molecule has 4 heteroatoms. The lowest BCUT2D eigenvalue weighted by Crippen LogP contribution is -2.13. The number of rotatable bonds is 4. The minimum absolute atomic E-state index is 0.317. The Morgan fingerprint density at radius 2 is 1.62 bits per heavy atom. The third-order valence-corrected chi connectivity index (χ3v) is 2.45. The molecule has 16 heavy (non-hydrogen) atoms. The van der Waals surface area contributed by atoms with Crippen LogP contribution in [0.1, 0.15) is 18.4 Å². The van der Waals surface area contributed by atoms with Crippen LogP contribution in [0.4, 0.5) is 0 Å². The zero-order valence-electron chi connectivity index (χ0n) is 9.94. The zero-order chi connectivity index (χ0) is 12.1. The zero-order valence-corrected chi connectivity index (χ0v) is 9.94. The predicted octanol–water partition coefficient (Wildman–Crippen LogP) is 1.98. The van der Waals surface area contributed by atoms with E-state index >= 15 is 0 Å². The summed E-state index contributed by atoms with van der Waals surface area (Å²) in [6.07, 6.45) is 0. The molecular formula is C12H16O4. The molecule has 1 aromatic rings. The van der Waals surface area contributed by atoms with Crippen LogP contribution < -0.4 is 9.47 Å². The average molecular weight is 224 g/mol. The van der Waals surface area contributed by atoms with E-state index in [1.807, 2.05) is 6.07 Å². The summed E-state index contributed by atoms with van der Waals surface area (Å²) in [6, 6.07) is 5.39. The van der Waals surface area contributed by atoms with Crippen LogP contribution in [0.25, 0.3) is 0 Å². The normalized spacial score (nSPS) is 11.8. The molecule has 0 N–H and O–H groups in total. The quantitative estimate of drug-likeness (QED) is 0.733. The number of carbonyl (C=O) groups is 1. The number of benzene rings is 1. The van der Waals surface area contributed by atoms with Crippen LogP contribution in [-0.2, 0) is 9.53 Å². The van der Waals surface area contributed by atoms with Crippen molar-refractivity contribution < 1.29 is 19.0 Å². The van der Waals surface area contributed by atoms with E-state index < -0.39 is 5.92 Å². The van der Waals surface area contributed by atoms with Gasteiger partial charge < -0.3 is 14.2 Å². The minimum atomic E-state index is -0.420. The van der Waals surface area contributed by atoms with Gasteiger partial charge in [0.2, 0.25) is 0 Å². The predicted molar refractivity (Wildman–Crippen MR) is 60.0 cm³/mol. The molecule has 0 fully saturated rings. The van der Waals surface area contributed by atoms with Crippen LogP contribution in [0.15, 0.2) is 18.2 Å². The van der Waals surface area contributed by atoms with Crippen molar-refractivity contribution in [1.29, 1.82) is 0 Å². The van der Waals surface area contributed by atoms with E-state index in [-0.39, 0.29) is 5.97 Å². The second kappa shape index (κ2) is 5.39. The maximum atomic E-state index is 11.5. The van der Waals surface area contributed by atoms with Crippen molar-refractivity contribution in [3.8, 4) is 11.5 Å². The SMILES string of the molecule is COC(=O)C(C)c1c(OC)cccc1OC. The van der Waals surface area contributed by atoms with E-state index in [0.29, 0.717) is 17.1 Å². The Labute approximate surface area is 95.1 Å². The maximum absolute atomic E-state index is 11.5. The summed E-state index contributed by atoms with van der Waals surface area (Å²) in [5.41, 5.74) is 0.708. The second-order valence-corrected chi connectivity index (χ2v) is 3.32. The number of hydrogen-bond donors (Lipinski definition) is 0. The number of methoxy groups -OCH3 is 3. The van der Waals surface area contributed by atoms with E-state index in [4.69, 9.17) is 14.2 Å². The molecule has 0 saturated heterocycles. The first kappa shape index (κ1) is 12.4. The first-order valence-electron chi connectivity index (χ1n) is 4.94. The molecule has 4 nitrogen and oxygen atoms in total. The molecule has 0 aliphatic carbocycles. The third kappa shape index (κ3) is 2.27. The van der Waals surface area contributed by atoms with E-state index in [1.165, 1.54) is 7.11 Å². The fourth-order valence-corrected chi connectivity index (χ4v) is 1.60. The molecule has 1 unspecified atom stereocenters. The fourth-order valence-electron chi connectivity index (χ4n) is 1.60. The van der Waals surface area contributed by atoms with E-state index in [1.54, 1.807) is 33.3 Å². The van der Waals surface area contributed by atoms with Gasteiger partial charge in [0.25, 0.3) is 0 Å². The molecule has 0 saturated carbocycles. The van der Waals surface area contributed by atoms with Crippen LogP contribution >= 0.6 is 0 Å². The van der Waals surface area contributed by atoms with Gasteiger partial charge in [-0.2, -0.15) is 0 Å². The highest BCUT2D eigenvalue weighted by Crippen LogP contribution is 2.35. The molecule has 1 aromatic carbocycles. The second-order valence-electron chi connectivity index (χ2n) is 3.32. The van der Waals surface area contributed by atoms with Gasteiger partial charge in [-0.05, 0) is 19.1 Å². The largest absolute Gasteiger partial charge is 0.496 e. The number of ether oxygens (including phenoxy) is 3. The Morgan fingerprint density at radius 1 is 1.12 bits per heavy atom. The van der Waals surface area contributed by atoms with E-state index in [9.17, 15) is 4.79 Å². The molecule has 0 bridgehead atoms. The van der Waals surface area contributed by atoms with Crippen LogP contribution in [0.3, 0.4) is 0 Å². The van der Waals surface area contributed by atoms with Crippen molar-refractivity contribution in [1.82, 2.24) is 0 Å². The Kier molecular flexibility index (Phi) is 4.17. The summed E-state index contributed by atoms with van der Waals surface area (Å²) in [5, 5.41) is 0. The molecule has 0 aromatic heterocycles. The smallest absolute Gasteiger partial charge is 0.313 e. The monoisotopic (exact) mass is 224 g/mol. The Hall–Kier alpha value is -1.71. The summed E-state index contributed by atoms with van der Waals surface area (Å²) in [4.78, 5) is 11.5. The van der Waals surface area contributed by atoms with Crippen LogP contribution in [0.2, 0.25) is 0 Å². The van der Waals surface area contributed by atoms with Gasteiger partial charge in [0.05, 0.1) is 32.8 Å². The average Bonchev–Trinajstić information content (AvgIpc) is 2.35. The lowest BCUT2D eigenvalue weighted by molar-refractivity contribution is -0.142. The van der Waals surface area contributed by atoms with Crippen molar-refractivity contribution in [2.75, 3.05) is 21.3 Å². The molecule has 0 aliphatic heterocycles. The van der Waals surface area contributed by atoms with Gasteiger partial charge >= 0.3 is 5.97 Å². The third-order valence-electron chi connectivity index (χ3n) is 2.45. The molecular weight excluding hydrogens is 208 g/mol. The highest BCUT2D eigenvalue weighted by Gasteiger charge is 2.23. The summed E-state index contributed by atoms with van der Waals surface area (Å²) in [5.74, 6) is 0.508. The molecule has 1 rings (SSSR count). The van der Waals surface area contributed by atoms with Crippen LogP contribution in [0, 0.1) is 0 Å². The van der Waals surface area contributed by atoms with Crippen molar-refractivity contribution in [2.45, 2.75) is 12.8 Å². The van der Waals surface area contributed by atoms with Gasteiger partial charge in [-0.15, -0.1) is 0 Å². The molecule has 1 atom stereocenters. The molecule has 0 aliphatic rings. The van der Waals surface area contributed by atoms with Gasteiger partial charge in [-0.3, -0.25) is 4.79 Å². The molecule has 88 valence electrons. The summed E-state index contributed by atoms with van der Waals surface area (Å²) < 4.78 is 15.1. The highest BCUT2D eigenvalue weighted by molar-refractivity contribution is 5.79. The van der Waals surface area contributed by atoms with E-state index in [2.05, 4.69) is 0 Å². The Morgan fingerprint density at radius 3 is 2.00 bits per heavy atom. The minimum Gasteiger partial charge on any atom is -0.496 e. The summed E-state index contributed by atoms with van der Waals surface area (Å²) in [7, 11) is 4.48. The van der Waals surface area contributed by atoms with Crippen LogP contribution in [0.5, 0.6) is 11.5 Å². The first-order chi connectivity index (χ1) is 7.65. The lowest BCUT2D eigenvalue weighted by Gasteiger charge is -2.17. The number of esters is 1. The summed E-state index contributed by atoms with van der Waals surface area (Å²) >= 11 is 0. The van der Waals surface area contributed by atoms with Crippen molar-refractivity contribution in [3.05, 3.63) is 23.8 Å². The molecule has 0 radical (unpaired) electrons. The van der Waals surface area contributed by atoms with Crippen molar-refractivity contribution >= 4 is 5.97 Å². The number of hydrogen-bond acceptors (Lipinski definition) is 4. The van der Waals surface area contributed by atoms with Gasteiger partial charge in [0.1, 0.15) is 11.5 Å². The van der Waals surface area contributed by atoms with Crippen molar-refractivity contribution in [2.24, 2.45) is 0 Å². The fraction of sp³-hybridized carbons (Fsp3) is 0.417. The standard InChI is InChI=1S/C12H16O4/c1-8(12(13)16-4)11-9(14-2)6-5-7-10(11)15-3/h5-8H,1-4H3. The molecule has 0 amide bonds. The maximum Gasteiger partial charge on any atom is 0.313 e. The lowest BCUT2D eigenvalue weighted by atomic mass is 9.99. The highest BCUT2D eigenvalue weighted by atomic mass is 16.5. The first-order valence-corrected chi connectivity index (χ1v) is 4.94. The van der Waals surface area contributed by atoms with Gasteiger partial charge in [0.15, 0.2) is 0 Å². The van der Waals surface area contributed by atoms with E-state index in [0.717, 1.165) is 0 Å². The Bertz CT molecular complexity index is 351. The topological polar surface area (TPSA) is 44.8 Å². The Balaban J connectivity index is 3.22. The number of carbonyl (C=O) groups excluding carboxylic acids is 1. The molecule has 0 heterocycles. The van der Waals surface area contributed by atoms with Crippen molar-refractivity contribution in [3.63, 3.8) is 0 Å². The van der Waals surface area contributed by atoms with Gasteiger partial charge in [-0.1, -0.05) is 6.07 Å². The van der Waals surface area contributed by atoms with Crippen LogP contribution in [-0.4, -0.2) is 27.3 Å². The summed E-state index contributed by atoms with van der Waals surface area (Å²) in [6.45, 7) is 1.76. The van der Waals surface area contributed by atoms with Gasteiger partial charge in [-0.25, -0.2) is 0 Å².